The highest BCUT2D eigenvalue weighted by Crippen LogP contribution is 2.41. The fourth-order valence-electron chi connectivity index (χ4n) is 3.68. The van der Waals surface area contributed by atoms with Crippen molar-refractivity contribution in [2.24, 2.45) is 4.99 Å². The number of nitrogens with zero attached hydrogens (tertiary/aromatic N) is 2. The summed E-state index contributed by atoms with van der Waals surface area (Å²) in [6.07, 6.45) is 4.02. The lowest BCUT2D eigenvalue weighted by Crippen LogP contribution is -2.44. The van der Waals surface area contributed by atoms with E-state index in [0.29, 0.717) is 5.69 Å². The lowest BCUT2D eigenvalue weighted by molar-refractivity contribution is 0.413. The molecule has 1 aliphatic heterocycles. The molecule has 3 rings (SSSR count). The second-order valence-electron chi connectivity index (χ2n) is 7.07. The molecule has 0 amide bonds. The first-order valence-electron chi connectivity index (χ1n) is 8.85. The predicted molar refractivity (Wildman–Crippen MR) is 107 cm³/mol. The monoisotopic (exact) mass is 352 g/mol. The van der Waals surface area contributed by atoms with Crippen molar-refractivity contribution >= 4 is 23.2 Å². The van der Waals surface area contributed by atoms with Crippen LogP contribution in [-0.4, -0.2) is 25.4 Å². The van der Waals surface area contributed by atoms with Gasteiger partial charge in [0.25, 0.3) is 0 Å². The van der Waals surface area contributed by atoms with Crippen molar-refractivity contribution in [3.05, 3.63) is 59.4 Å². The second kappa shape index (κ2) is 6.94. The molecule has 0 saturated carbocycles. The quantitative estimate of drug-likeness (QED) is 0.669. The first-order chi connectivity index (χ1) is 12.4. The molecule has 1 aliphatic rings. The van der Waals surface area contributed by atoms with Crippen molar-refractivity contribution < 1.29 is 9.13 Å². The molecule has 0 fully saturated rings. The summed E-state index contributed by atoms with van der Waals surface area (Å²) in [6.45, 7) is 9.63. The Kier molecular flexibility index (Phi) is 4.86. The van der Waals surface area contributed by atoms with Gasteiger partial charge in [-0.2, -0.15) is 0 Å². The molecular formula is C22H25FN2O. The average molecular weight is 352 g/mol. The summed E-state index contributed by atoms with van der Waals surface area (Å²) in [5.74, 6) is 0.463. The Morgan fingerprint density at radius 3 is 2.65 bits per heavy atom. The number of benzene rings is 2. The number of anilines is 1. The Bertz CT molecular complexity index is 884. The Labute approximate surface area is 154 Å². The molecule has 0 aromatic heterocycles. The molecule has 0 bridgehead atoms. The van der Waals surface area contributed by atoms with E-state index in [1.807, 2.05) is 0 Å². The molecular weight excluding hydrogens is 327 g/mol. The third-order valence-corrected chi connectivity index (χ3v) is 4.81. The average Bonchev–Trinajstić information content (AvgIpc) is 2.59. The van der Waals surface area contributed by atoms with Gasteiger partial charge in [-0.1, -0.05) is 12.1 Å². The molecule has 0 unspecified atom stereocenters. The van der Waals surface area contributed by atoms with Gasteiger partial charge < -0.3 is 9.64 Å². The highest BCUT2D eigenvalue weighted by molar-refractivity contribution is 5.92. The molecule has 136 valence electrons. The number of likely N-dealkylation sites (N-methyl/N-ethyl adjacent to an activating group) is 1. The van der Waals surface area contributed by atoms with E-state index in [4.69, 9.17) is 4.74 Å². The van der Waals surface area contributed by atoms with Crippen molar-refractivity contribution in [3.8, 4) is 5.75 Å². The third-order valence-electron chi connectivity index (χ3n) is 4.81. The molecule has 0 saturated heterocycles. The minimum atomic E-state index is -0.295. The molecule has 1 heterocycles. The minimum Gasteiger partial charge on any atom is -0.496 e. The van der Waals surface area contributed by atoms with E-state index in [1.165, 1.54) is 23.3 Å². The summed E-state index contributed by atoms with van der Waals surface area (Å²) in [4.78, 5) is 6.78. The molecule has 0 aliphatic carbocycles. The molecule has 2 aromatic rings. The van der Waals surface area contributed by atoms with Crippen LogP contribution in [0.3, 0.4) is 0 Å². The molecule has 0 atom stereocenters. The Morgan fingerprint density at radius 2 is 2.00 bits per heavy atom. The zero-order valence-electron chi connectivity index (χ0n) is 16.0. The number of halogens is 1. The van der Waals surface area contributed by atoms with Gasteiger partial charge in [-0.15, -0.1) is 0 Å². The summed E-state index contributed by atoms with van der Waals surface area (Å²) in [5, 5.41) is 0. The van der Waals surface area contributed by atoms with Crippen LogP contribution in [0.15, 0.2) is 47.5 Å². The van der Waals surface area contributed by atoms with Gasteiger partial charge in [-0.3, -0.25) is 4.99 Å². The summed E-state index contributed by atoms with van der Waals surface area (Å²) in [7, 11) is 1.66. The van der Waals surface area contributed by atoms with E-state index in [9.17, 15) is 4.39 Å². The van der Waals surface area contributed by atoms with Crippen LogP contribution in [-0.2, 0) is 0 Å². The first-order valence-corrected chi connectivity index (χ1v) is 8.85. The van der Waals surface area contributed by atoms with Gasteiger partial charge in [-0.25, -0.2) is 4.39 Å². The van der Waals surface area contributed by atoms with Crippen LogP contribution in [0.2, 0.25) is 0 Å². The predicted octanol–water partition coefficient (Wildman–Crippen LogP) is 5.61. The van der Waals surface area contributed by atoms with Crippen LogP contribution in [0, 0.1) is 5.82 Å². The van der Waals surface area contributed by atoms with E-state index < -0.39 is 0 Å². The molecule has 0 radical (unpaired) electrons. The van der Waals surface area contributed by atoms with Gasteiger partial charge in [0, 0.05) is 35.6 Å². The maximum Gasteiger partial charge on any atom is 0.129 e. The van der Waals surface area contributed by atoms with E-state index in [2.05, 4.69) is 55.8 Å². The Morgan fingerprint density at radius 1 is 1.23 bits per heavy atom. The van der Waals surface area contributed by atoms with Gasteiger partial charge in [0.05, 0.1) is 18.3 Å². The maximum absolute atomic E-state index is 13.4. The van der Waals surface area contributed by atoms with Crippen molar-refractivity contribution in [2.75, 3.05) is 18.6 Å². The largest absolute Gasteiger partial charge is 0.496 e. The Hall–Kier alpha value is -2.62. The third kappa shape index (κ3) is 3.36. The number of aliphatic imine (C=N–C) groups is 1. The number of methoxy groups -OCH3 is 1. The van der Waals surface area contributed by atoms with Crippen molar-refractivity contribution in [2.45, 2.75) is 33.2 Å². The number of fused-ring (bicyclic) bond motifs is 1. The minimum absolute atomic E-state index is 0.0476. The SMILES string of the molecule is CCN1c2cc(OC)c(C=Nc3cccc(F)c3)cc2C(C)=CC1(C)C. The molecule has 0 N–H and O–H groups in total. The number of rotatable bonds is 4. The number of ether oxygens (including phenoxy) is 1. The van der Waals surface area contributed by atoms with E-state index in [1.54, 1.807) is 25.5 Å². The molecule has 26 heavy (non-hydrogen) atoms. The zero-order valence-corrected chi connectivity index (χ0v) is 16.0. The number of hydrogen-bond donors (Lipinski definition) is 0. The van der Waals surface area contributed by atoms with Crippen LogP contribution >= 0.6 is 0 Å². The summed E-state index contributed by atoms with van der Waals surface area (Å²) >= 11 is 0. The lowest BCUT2D eigenvalue weighted by atomic mass is 9.88. The van der Waals surface area contributed by atoms with Gasteiger partial charge in [-0.05, 0) is 57.5 Å². The highest BCUT2D eigenvalue weighted by Gasteiger charge is 2.31. The first kappa shape index (κ1) is 18.2. The fourth-order valence-corrected chi connectivity index (χ4v) is 3.68. The molecule has 3 nitrogen and oxygen atoms in total. The summed E-state index contributed by atoms with van der Waals surface area (Å²) < 4.78 is 19.0. The van der Waals surface area contributed by atoms with Crippen molar-refractivity contribution in [3.63, 3.8) is 0 Å². The van der Waals surface area contributed by atoms with Crippen LogP contribution < -0.4 is 9.64 Å². The smallest absolute Gasteiger partial charge is 0.129 e. The highest BCUT2D eigenvalue weighted by atomic mass is 19.1. The van der Waals surface area contributed by atoms with Crippen molar-refractivity contribution in [1.29, 1.82) is 0 Å². The van der Waals surface area contributed by atoms with Gasteiger partial charge in [0.15, 0.2) is 0 Å². The normalized spacial score (nSPS) is 15.8. The maximum atomic E-state index is 13.4. The standard InChI is InChI=1S/C22H25FN2O/c1-6-25-20-12-21(26-5)16(10-19(20)15(2)13-22(25,3)4)14-24-18-9-7-8-17(23)11-18/h7-14H,6H2,1-5H3. The van der Waals surface area contributed by atoms with Crippen LogP contribution in [0.4, 0.5) is 15.8 Å². The molecule has 4 heteroatoms. The zero-order chi connectivity index (χ0) is 18.9. The van der Waals surface area contributed by atoms with E-state index in [-0.39, 0.29) is 11.4 Å². The summed E-state index contributed by atoms with van der Waals surface area (Å²) in [6, 6.07) is 10.4. The lowest BCUT2D eigenvalue weighted by Gasteiger charge is -2.43. The van der Waals surface area contributed by atoms with Gasteiger partial charge >= 0.3 is 0 Å². The number of hydrogen-bond acceptors (Lipinski definition) is 3. The van der Waals surface area contributed by atoms with Gasteiger partial charge in [0.2, 0.25) is 0 Å². The van der Waals surface area contributed by atoms with Crippen LogP contribution in [0.5, 0.6) is 5.75 Å². The van der Waals surface area contributed by atoms with Gasteiger partial charge in [0.1, 0.15) is 11.6 Å². The Balaban J connectivity index is 2.08. The van der Waals surface area contributed by atoms with Crippen molar-refractivity contribution in [1.82, 2.24) is 0 Å². The molecule has 2 aromatic carbocycles. The topological polar surface area (TPSA) is 24.8 Å². The van der Waals surface area contributed by atoms with E-state index >= 15 is 0 Å². The van der Waals surface area contributed by atoms with E-state index in [0.717, 1.165) is 23.5 Å². The fraction of sp³-hybridized carbons (Fsp3) is 0.318. The second-order valence-corrected chi connectivity index (χ2v) is 7.07. The van der Waals surface area contributed by atoms with Crippen LogP contribution in [0.25, 0.3) is 5.57 Å². The summed E-state index contributed by atoms with van der Waals surface area (Å²) in [5.41, 5.74) is 4.98. The number of allylic oxidation sites excluding steroid dienone is 1. The van der Waals surface area contributed by atoms with Crippen LogP contribution in [0.1, 0.15) is 38.8 Å². The molecule has 0 spiro atoms.